The van der Waals surface area contributed by atoms with Crippen LogP contribution in [0.3, 0.4) is 0 Å². The molecule has 0 bridgehead atoms. The van der Waals surface area contributed by atoms with Gasteiger partial charge in [0.05, 0.1) is 12.1 Å². The Morgan fingerprint density at radius 1 is 1.19 bits per heavy atom. The van der Waals surface area contributed by atoms with E-state index in [1.807, 2.05) is 44.2 Å². The standard InChI is InChI=1S/C22H25NO3/c1-5-23-19-9-7-6-8-18(19)22(26,21(23)25)13-20(24)17-12-16(14(2)3)11-10-15(17)4/h6-12,14,26H,5,13H2,1-4H3. The minimum atomic E-state index is -1.80. The number of fused-ring (bicyclic) bond motifs is 1. The fourth-order valence-corrected chi connectivity index (χ4v) is 3.62. The lowest BCUT2D eigenvalue weighted by molar-refractivity contribution is -0.135. The summed E-state index contributed by atoms with van der Waals surface area (Å²) in [7, 11) is 0. The van der Waals surface area contributed by atoms with Crippen LogP contribution in [0.2, 0.25) is 0 Å². The zero-order chi connectivity index (χ0) is 19.1. The van der Waals surface area contributed by atoms with Crippen LogP contribution in [-0.2, 0) is 10.4 Å². The van der Waals surface area contributed by atoms with Crippen molar-refractivity contribution < 1.29 is 14.7 Å². The van der Waals surface area contributed by atoms with E-state index in [-0.39, 0.29) is 12.2 Å². The molecule has 1 unspecified atom stereocenters. The SMILES string of the molecule is CCN1C(=O)C(O)(CC(=O)c2cc(C(C)C)ccc2C)c2ccccc21. The molecule has 26 heavy (non-hydrogen) atoms. The van der Waals surface area contributed by atoms with Gasteiger partial charge in [-0.05, 0) is 43.0 Å². The number of benzene rings is 2. The number of nitrogens with zero attached hydrogens (tertiary/aromatic N) is 1. The molecule has 2 aromatic rings. The van der Waals surface area contributed by atoms with Crippen LogP contribution in [0.1, 0.15) is 60.2 Å². The Kier molecular flexibility index (Phi) is 4.72. The summed E-state index contributed by atoms with van der Waals surface area (Å²) in [6.07, 6.45) is -0.248. The topological polar surface area (TPSA) is 57.6 Å². The lowest BCUT2D eigenvalue weighted by Crippen LogP contribution is -2.41. The van der Waals surface area contributed by atoms with E-state index in [1.165, 1.54) is 0 Å². The van der Waals surface area contributed by atoms with Crippen molar-refractivity contribution in [2.45, 2.75) is 45.6 Å². The molecule has 0 saturated heterocycles. The molecule has 0 fully saturated rings. The Labute approximate surface area is 154 Å². The van der Waals surface area contributed by atoms with E-state index in [2.05, 4.69) is 13.8 Å². The van der Waals surface area contributed by atoms with Crippen molar-refractivity contribution in [3.8, 4) is 0 Å². The van der Waals surface area contributed by atoms with Gasteiger partial charge >= 0.3 is 0 Å². The quantitative estimate of drug-likeness (QED) is 0.830. The van der Waals surface area contributed by atoms with Crippen LogP contribution >= 0.6 is 0 Å². The molecule has 1 heterocycles. The fraction of sp³-hybridized carbons (Fsp3) is 0.364. The van der Waals surface area contributed by atoms with Gasteiger partial charge in [-0.15, -0.1) is 0 Å². The highest BCUT2D eigenvalue weighted by molar-refractivity contribution is 6.11. The number of likely N-dealkylation sites (N-methyl/N-ethyl adjacent to an activating group) is 1. The third kappa shape index (κ3) is 2.84. The van der Waals surface area contributed by atoms with E-state index in [0.717, 1.165) is 11.1 Å². The highest BCUT2D eigenvalue weighted by atomic mass is 16.3. The summed E-state index contributed by atoms with van der Waals surface area (Å²) in [4.78, 5) is 27.4. The Morgan fingerprint density at radius 3 is 2.54 bits per heavy atom. The predicted octanol–water partition coefficient (Wildman–Crippen LogP) is 3.95. The number of aliphatic hydroxyl groups is 1. The summed E-state index contributed by atoms with van der Waals surface area (Å²) in [5.74, 6) is -0.338. The zero-order valence-corrected chi connectivity index (χ0v) is 15.7. The van der Waals surface area contributed by atoms with Crippen molar-refractivity contribution in [1.29, 1.82) is 0 Å². The number of Topliss-reactive ketones (excluding diaryl/α,β-unsaturated/α-hetero) is 1. The summed E-state index contributed by atoms with van der Waals surface area (Å²) < 4.78 is 0. The molecule has 0 saturated carbocycles. The number of ketones is 1. The molecule has 0 aliphatic carbocycles. The van der Waals surface area contributed by atoms with Gasteiger partial charge in [-0.1, -0.05) is 44.2 Å². The van der Waals surface area contributed by atoms with Crippen LogP contribution in [0.4, 0.5) is 5.69 Å². The monoisotopic (exact) mass is 351 g/mol. The Hall–Kier alpha value is -2.46. The summed E-state index contributed by atoms with van der Waals surface area (Å²) in [5, 5.41) is 11.2. The van der Waals surface area contributed by atoms with Crippen LogP contribution in [0.5, 0.6) is 0 Å². The van der Waals surface area contributed by atoms with Gasteiger partial charge in [0.2, 0.25) is 0 Å². The molecule has 0 spiro atoms. The first kappa shape index (κ1) is 18.3. The zero-order valence-electron chi connectivity index (χ0n) is 15.7. The first-order valence-corrected chi connectivity index (χ1v) is 9.07. The van der Waals surface area contributed by atoms with Crippen molar-refractivity contribution in [2.24, 2.45) is 0 Å². The lowest BCUT2D eigenvalue weighted by Gasteiger charge is -2.22. The number of rotatable bonds is 5. The van der Waals surface area contributed by atoms with Crippen molar-refractivity contribution >= 4 is 17.4 Å². The van der Waals surface area contributed by atoms with Crippen molar-refractivity contribution in [2.75, 3.05) is 11.4 Å². The molecule has 1 aliphatic heterocycles. The van der Waals surface area contributed by atoms with Crippen molar-refractivity contribution in [3.05, 3.63) is 64.7 Å². The van der Waals surface area contributed by atoms with Gasteiger partial charge in [0.25, 0.3) is 5.91 Å². The number of amides is 1. The number of hydrogen-bond acceptors (Lipinski definition) is 3. The molecule has 4 heteroatoms. The Balaban J connectivity index is 1.99. The van der Waals surface area contributed by atoms with Gasteiger partial charge in [-0.3, -0.25) is 9.59 Å². The number of para-hydroxylation sites is 1. The summed E-state index contributed by atoms with van der Waals surface area (Å²) in [6, 6.07) is 13.0. The van der Waals surface area contributed by atoms with Crippen LogP contribution in [0, 0.1) is 6.92 Å². The number of carbonyl (C=O) groups excluding carboxylic acids is 2. The minimum absolute atomic E-state index is 0.214. The van der Waals surface area contributed by atoms with Gasteiger partial charge in [0.15, 0.2) is 11.4 Å². The number of hydrogen-bond donors (Lipinski definition) is 1. The molecular weight excluding hydrogens is 326 g/mol. The molecule has 1 amide bonds. The van der Waals surface area contributed by atoms with E-state index in [9.17, 15) is 14.7 Å². The number of carbonyl (C=O) groups is 2. The van der Waals surface area contributed by atoms with Gasteiger partial charge in [0, 0.05) is 17.7 Å². The van der Waals surface area contributed by atoms with E-state index in [4.69, 9.17) is 0 Å². The first-order valence-electron chi connectivity index (χ1n) is 9.07. The van der Waals surface area contributed by atoms with E-state index in [0.29, 0.717) is 29.3 Å². The summed E-state index contributed by atoms with van der Waals surface area (Å²) in [5.41, 5.74) is 1.89. The average molecular weight is 351 g/mol. The van der Waals surface area contributed by atoms with Crippen LogP contribution in [-0.4, -0.2) is 23.3 Å². The van der Waals surface area contributed by atoms with E-state index >= 15 is 0 Å². The maximum Gasteiger partial charge on any atom is 0.264 e. The molecular formula is C22H25NO3. The molecule has 2 aromatic carbocycles. The summed E-state index contributed by atoms with van der Waals surface area (Å²) in [6.45, 7) is 8.33. The molecule has 0 aromatic heterocycles. The van der Waals surface area contributed by atoms with Crippen molar-refractivity contribution in [1.82, 2.24) is 0 Å². The van der Waals surface area contributed by atoms with E-state index in [1.54, 1.807) is 17.0 Å². The van der Waals surface area contributed by atoms with Crippen molar-refractivity contribution in [3.63, 3.8) is 0 Å². The maximum absolute atomic E-state index is 13.0. The second kappa shape index (κ2) is 6.69. The smallest absolute Gasteiger partial charge is 0.264 e. The molecule has 1 aliphatic rings. The average Bonchev–Trinajstić information content (AvgIpc) is 2.82. The summed E-state index contributed by atoms with van der Waals surface area (Å²) >= 11 is 0. The number of aryl methyl sites for hydroxylation is 1. The fourth-order valence-electron chi connectivity index (χ4n) is 3.62. The molecule has 1 atom stereocenters. The molecule has 3 rings (SSSR count). The van der Waals surface area contributed by atoms with Crippen LogP contribution in [0.15, 0.2) is 42.5 Å². The third-order valence-electron chi connectivity index (χ3n) is 5.20. The molecule has 0 radical (unpaired) electrons. The normalized spacial score (nSPS) is 19.2. The Morgan fingerprint density at radius 2 is 1.88 bits per heavy atom. The highest BCUT2D eigenvalue weighted by Gasteiger charge is 2.50. The van der Waals surface area contributed by atoms with Crippen LogP contribution in [0.25, 0.3) is 0 Å². The number of anilines is 1. The lowest BCUT2D eigenvalue weighted by atomic mass is 9.86. The van der Waals surface area contributed by atoms with E-state index < -0.39 is 11.5 Å². The third-order valence-corrected chi connectivity index (χ3v) is 5.20. The van der Waals surface area contributed by atoms with Gasteiger partial charge < -0.3 is 10.0 Å². The highest BCUT2D eigenvalue weighted by Crippen LogP contribution is 2.42. The van der Waals surface area contributed by atoms with Crippen LogP contribution < -0.4 is 4.90 Å². The molecule has 1 N–H and O–H groups in total. The second-order valence-corrected chi connectivity index (χ2v) is 7.26. The predicted molar refractivity (Wildman–Crippen MR) is 103 cm³/mol. The molecule has 136 valence electrons. The maximum atomic E-state index is 13.0. The van der Waals surface area contributed by atoms with Gasteiger partial charge in [-0.25, -0.2) is 0 Å². The van der Waals surface area contributed by atoms with Gasteiger partial charge in [0.1, 0.15) is 0 Å². The molecule has 4 nitrogen and oxygen atoms in total. The van der Waals surface area contributed by atoms with Gasteiger partial charge in [-0.2, -0.15) is 0 Å². The Bertz CT molecular complexity index is 871. The first-order chi connectivity index (χ1) is 12.3. The minimum Gasteiger partial charge on any atom is -0.375 e. The second-order valence-electron chi connectivity index (χ2n) is 7.26. The largest absolute Gasteiger partial charge is 0.375 e.